The van der Waals surface area contributed by atoms with Crippen LogP contribution in [0, 0.1) is 0 Å². The fourth-order valence-electron chi connectivity index (χ4n) is 2.21. The van der Waals surface area contributed by atoms with Crippen molar-refractivity contribution >= 4 is 51.1 Å². The van der Waals surface area contributed by atoms with Gasteiger partial charge in [-0.2, -0.15) is 15.0 Å². The van der Waals surface area contributed by atoms with Crippen LogP contribution < -0.4 is 16.0 Å². The van der Waals surface area contributed by atoms with Crippen LogP contribution in [0.1, 0.15) is 12.8 Å². The summed E-state index contributed by atoms with van der Waals surface area (Å²) >= 11 is 9.46. The molecular formula is C13H14BrClN6. The molecule has 3 N–H and O–H groups in total. The molecule has 0 unspecified atom stereocenters. The van der Waals surface area contributed by atoms with Gasteiger partial charge in [0.25, 0.3) is 0 Å². The van der Waals surface area contributed by atoms with Gasteiger partial charge in [-0.25, -0.2) is 0 Å². The predicted octanol–water partition coefficient (Wildman–Crippen LogP) is 3.21. The maximum absolute atomic E-state index is 6.00. The van der Waals surface area contributed by atoms with Gasteiger partial charge in [0, 0.05) is 22.6 Å². The predicted molar refractivity (Wildman–Crippen MR) is 88.1 cm³/mol. The second-order valence-corrected chi connectivity index (χ2v) is 6.05. The number of benzene rings is 1. The number of nitrogens with one attached hydrogen (secondary N) is 1. The van der Waals surface area contributed by atoms with Crippen LogP contribution in [0.5, 0.6) is 0 Å². The summed E-state index contributed by atoms with van der Waals surface area (Å²) in [6, 6.07) is 5.45. The first-order valence-electron chi connectivity index (χ1n) is 6.60. The SMILES string of the molecule is Nc1nc(Nc2cc(Cl)ccc2Br)nc(N2CCCC2)n1. The van der Waals surface area contributed by atoms with Gasteiger partial charge in [-0.05, 0) is 47.0 Å². The number of anilines is 4. The Morgan fingerprint density at radius 1 is 1.19 bits per heavy atom. The summed E-state index contributed by atoms with van der Waals surface area (Å²) in [6.07, 6.45) is 2.29. The Morgan fingerprint density at radius 2 is 1.95 bits per heavy atom. The number of nitrogen functional groups attached to an aromatic ring is 1. The molecule has 0 aliphatic carbocycles. The zero-order valence-corrected chi connectivity index (χ0v) is 13.5. The van der Waals surface area contributed by atoms with Gasteiger partial charge in [0.05, 0.1) is 5.69 Å². The van der Waals surface area contributed by atoms with Gasteiger partial charge in [0.1, 0.15) is 0 Å². The highest BCUT2D eigenvalue weighted by atomic mass is 79.9. The molecule has 1 aliphatic rings. The van der Waals surface area contributed by atoms with Crippen LogP contribution in [-0.2, 0) is 0 Å². The molecule has 6 nitrogen and oxygen atoms in total. The van der Waals surface area contributed by atoms with Gasteiger partial charge in [0.15, 0.2) is 0 Å². The Hall–Kier alpha value is -1.60. The largest absolute Gasteiger partial charge is 0.368 e. The van der Waals surface area contributed by atoms with Gasteiger partial charge in [-0.1, -0.05) is 11.6 Å². The summed E-state index contributed by atoms with van der Waals surface area (Å²) in [5, 5.41) is 3.74. The van der Waals surface area contributed by atoms with E-state index in [-0.39, 0.29) is 5.95 Å². The second-order valence-electron chi connectivity index (χ2n) is 4.76. The lowest BCUT2D eigenvalue weighted by Crippen LogP contribution is -2.22. The van der Waals surface area contributed by atoms with E-state index in [1.165, 1.54) is 0 Å². The molecule has 3 rings (SSSR count). The highest BCUT2D eigenvalue weighted by Gasteiger charge is 2.17. The van der Waals surface area contributed by atoms with Gasteiger partial charge in [0.2, 0.25) is 17.8 Å². The molecule has 1 aliphatic heterocycles. The van der Waals surface area contributed by atoms with Crippen molar-refractivity contribution in [2.24, 2.45) is 0 Å². The fraction of sp³-hybridized carbons (Fsp3) is 0.308. The normalized spacial score (nSPS) is 14.5. The first-order valence-corrected chi connectivity index (χ1v) is 7.77. The third kappa shape index (κ3) is 3.36. The summed E-state index contributed by atoms with van der Waals surface area (Å²) in [5.74, 6) is 1.22. The Kier molecular flexibility index (Phi) is 4.12. The molecule has 8 heteroatoms. The third-order valence-corrected chi connectivity index (χ3v) is 4.13. The van der Waals surface area contributed by atoms with E-state index in [2.05, 4.69) is 41.1 Å². The minimum Gasteiger partial charge on any atom is -0.368 e. The van der Waals surface area contributed by atoms with Crippen molar-refractivity contribution in [2.45, 2.75) is 12.8 Å². The summed E-state index contributed by atoms with van der Waals surface area (Å²) in [5.41, 5.74) is 6.56. The Morgan fingerprint density at radius 3 is 2.71 bits per heavy atom. The lowest BCUT2D eigenvalue weighted by Gasteiger charge is -2.16. The number of halogens is 2. The summed E-state index contributed by atoms with van der Waals surface area (Å²) in [4.78, 5) is 14.9. The number of nitrogens with zero attached hydrogens (tertiary/aromatic N) is 4. The fourth-order valence-corrected chi connectivity index (χ4v) is 2.73. The van der Waals surface area contributed by atoms with Crippen LogP contribution in [0.4, 0.5) is 23.5 Å². The number of aromatic nitrogens is 3. The molecular weight excluding hydrogens is 356 g/mol. The standard InChI is InChI=1S/C13H14BrClN6/c14-9-4-3-8(15)7-10(9)17-12-18-11(16)19-13(20-12)21-5-1-2-6-21/h3-4,7H,1-2,5-6H2,(H3,16,17,18,19,20). The number of hydrogen-bond acceptors (Lipinski definition) is 6. The zero-order chi connectivity index (χ0) is 14.8. The van der Waals surface area contributed by atoms with E-state index < -0.39 is 0 Å². The zero-order valence-electron chi connectivity index (χ0n) is 11.2. The molecule has 1 aromatic carbocycles. The van der Waals surface area contributed by atoms with Crippen LogP contribution in [0.25, 0.3) is 0 Å². The third-order valence-electron chi connectivity index (χ3n) is 3.20. The molecule has 0 radical (unpaired) electrons. The number of rotatable bonds is 3. The van der Waals surface area contributed by atoms with Crippen molar-refractivity contribution in [3.8, 4) is 0 Å². The van der Waals surface area contributed by atoms with Crippen LogP contribution in [0.2, 0.25) is 5.02 Å². The molecule has 21 heavy (non-hydrogen) atoms. The van der Waals surface area contributed by atoms with E-state index in [9.17, 15) is 0 Å². The topological polar surface area (TPSA) is 80.0 Å². The monoisotopic (exact) mass is 368 g/mol. The molecule has 110 valence electrons. The van der Waals surface area contributed by atoms with E-state index >= 15 is 0 Å². The molecule has 0 spiro atoms. The number of hydrogen-bond donors (Lipinski definition) is 2. The minimum atomic E-state index is 0.201. The van der Waals surface area contributed by atoms with E-state index in [4.69, 9.17) is 17.3 Å². The van der Waals surface area contributed by atoms with Crippen molar-refractivity contribution in [3.05, 3.63) is 27.7 Å². The van der Waals surface area contributed by atoms with Crippen molar-refractivity contribution < 1.29 is 0 Å². The molecule has 2 aromatic rings. The quantitative estimate of drug-likeness (QED) is 0.865. The molecule has 0 atom stereocenters. The molecule has 2 heterocycles. The van der Waals surface area contributed by atoms with Gasteiger partial charge < -0.3 is 16.0 Å². The Balaban J connectivity index is 1.89. The van der Waals surface area contributed by atoms with E-state index in [0.717, 1.165) is 36.1 Å². The van der Waals surface area contributed by atoms with E-state index in [0.29, 0.717) is 16.9 Å². The smallest absolute Gasteiger partial charge is 0.233 e. The maximum Gasteiger partial charge on any atom is 0.233 e. The molecule has 0 saturated carbocycles. The highest BCUT2D eigenvalue weighted by Crippen LogP contribution is 2.28. The lowest BCUT2D eigenvalue weighted by atomic mass is 10.3. The van der Waals surface area contributed by atoms with Crippen molar-refractivity contribution in [3.63, 3.8) is 0 Å². The van der Waals surface area contributed by atoms with Crippen LogP contribution in [0.3, 0.4) is 0 Å². The van der Waals surface area contributed by atoms with Crippen LogP contribution in [0.15, 0.2) is 22.7 Å². The molecule has 0 bridgehead atoms. The van der Waals surface area contributed by atoms with Gasteiger partial charge >= 0.3 is 0 Å². The lowest BCUT2D eigenvalue weighted by molar-refractivity contribution is 0.887. The number of nitrogens with two attached hydrogens (primary N) is 1. The average Bonchev–Trinajstić information content (AvgIpc) is 2.96. The summed E-state index contributed by atoms with van der Waals surface area (Å²) in [7, 11) is 0. The Bertz CT molecular complexity index is 659. The Labute approximate surface area is 135 Å². The first kappa shape index (κ1) is 14.3. The first-order chi connectivity index (χ1) is 10.1. The molecule has 1 aromatic heterocycles. The van der Waals surface area contributed by atoms with Crippen molar-refractivity contribution in [1.82, 2.24) is 15.0 Å². The van der Waals surface area contributed by atoms with Crippen molar-refractivity contribution in [2.75, 3.05) is 29.0 Å². The van der Waals surface area contributed by atoms with Crippen LogP contribution in [-0.4, -0.2) is 28.0 Å². The summed E-state index contributed by atoms with van der Waals surface area (Å²) < 4.78 is 0.869. The van der Waals surface area contributed by atoms with Gasteiger partial charge in [-0.15, -0.1) is 0 Å². The minimum absolute atomic E-state index is 0.201. The molecule has 0 amide bonds. The summed E-state index contributed by atoms with van der Waals surface area (Å²) in [6.45, 7) is 1.90. The average molecular weight is 370 g/mol. The van der Waals surface area contributed by atoms with Crippen LogP contribution >= 0.6 is 27.5 Å². The highest BCUT2D eigenvalue weighted by molar-refractivity contribution is 9.10. The second kappa shape index (κ2) is 6.03. The molecule has 1 saturated heterocycles. The maximum atomic E-state index is 6.00. The van der Waals surface area contributed by atoms with E-state index in [1.807, 2.05) is 6.07 Å². The van der Waals surface area contributed by atoms with Gasteiger partial charge in [-0.3, -0.25) is 0 Å². The van der Waals surface area contributed by atoms with Crippen molar-refractivity contribution in [1.29, 1.82) is 0 Å². The van der Waals surface area contributed by atoms with E-state index in [1.54, 1.807) is 12.1 Å². The molecule has 1 fully saturated rings.